The SMILES string of the molecule is CCC1CCCN(c2ncc(CBr)cc2C)C1. The molecule has 0 bridgehead atoms. The van der Waals surface area contributed by atoms with Gasteiger partial charge in [0.2, 0.25) is 0 Å². The number of piperidine rings is 1. The van der Waals surface area contributed by atoms with Crippen molar-refractivity contribution in [1.82, 2.24) is 4.98 Å². The Labute approximate surface area is 113 Å². The maximum Gasteiger partial charge on any atom is 0.131 e. The van der Waals surface area contributed by atoms with Crippen LogP contribution in [0.3, 0.4) is 0 Å². The normalized spacial score (nSPS) is 20.6. The minimum Gasteiger partial charge on any atom is -0.356 e. The lowest BCUT2D eigenvalue weighted by Crippen LogP contribution is -2.36. The zero-order valence-electron chi connectivity index (χ0n) is 10.7. The number of nitrogens with zero attached hydrogens (tertiary/aromatic N) is 2. The second-order valence-electron chi connectivity index (χ2n) is 4.98. The lowest BCUT2D eigenvalue weighted by molar-refractivity contribution is 0.402. The van der Waals surface area contributed by atoms with Crippen LogP contribution in [-0.2, 0) is 5.33 Å². The minimum atomic E-state index is 0.848. The summed E-state index contributed by atoms with van der Waals surface area (Å²) in [6.07, 6.45) is 5.97. The van der Waals surface area contributed by atoms with Crippen molar-refractivity contribution in [3.8, 4) is 0 Å². The summed E-state index contributed by atoms with van der Waals surface area (Å²) in [6.45, 7) is 6.81. The fourth-order valence-electron chi connectivity index (χ4n) is 2.62. The number of anilines is 1. The van der Waals surface area contributed by atoms with E-state index >= 15 is 0 Å². The fraction of sp³-hybridized carbons (Fsp3) is 0.643. The third kappa shape index (κ3) is 3.01. The van der Waals surface area contributed by atoms with Crippen molar-refractivity contribution in [3.05, 3.63) is 23.4 Å². The molecular formula is C14H21BrN2. The van der Waals surface area contributed by atoms with Gasteiger partial charge in [-0.15, -0.1) is 0 Å². The molecule has 3 heteroatoms. The van der Waals surface area contributed by atoms with E-state index in [9.17, 15) is 0 Å². The number of aromatic nitrogens is 1. The zero-order chi connectivity index (χ0) is 12.3. The average Bonchev–Trinajstić information content (AvgIpc) is 2.38. The molecule has 1 aromatic rings. The van der Waals surface area contributed by atoms with Gasteiger partial charge >= 0.3 is 0 Å². The van der Waals surface area contributed by atoms with Gasteiger partial charge in [-0.05, 0) is 36.8 Å². The van der Waals surface area contributed by atoms with Crippen LogP contribution in [0.4, 0.5) is 5.82 Å². The summed E-state index contributed by atoms with van der Waals surface area (Å²) in [4.78, 5) is 7.10. The van der Waals surface area contributed by atoms with Gasteiger partial charge in [0, 0.05) is 24.6 Å². The number of rotatable bonds is 3. The second-order valence-corrected chi connectivity index (χ2v) is 5.54. The predicted octanol–water partition coefficient (Wildman–Crippen LogP) is 3.91. The third-order valence-corrected chi connectivity index (χ3v) is 4.30. The second kappa shape index (κ2) is 5.85. The summed E-state index contributed by atoms with van der Waals surface area (Å²) in [5.74, 6) is 2.04. The number of aryl methyl sites for hydroxylation is 1. The molecule has 0 aliphatic carbocycles. The third-order valence-electron chi connectivity index (χ3n) is 3.66. The van der Waals surface area contributed by atoms with Crippen LogP contribution in [0.2, 0.25) is 0 Å². The largest absolute Gasteiger partial charge is 0.356 e. The highest BCUT2D eigenvalue weighted by Gasteiger charge is 2.20. The first-order valence-electron chi connectivity index (χ1n) is 6.51. The first-order chi connectivity index (χ1) is 8.24. The predicted molar refractivity (Wildman–Crippen MR) is 76.8 cm³/mol. The smallest absolute Gasteiger partial charge is 0.131 e. The van der Waals surface area contributed by atoms with Crippen LogP contribution in [0, 0.1) is 12.8 Å². The van der Waals surface area contributed by atoms with Crippen molar-refractivity contribution < 1.29 is 0 Å². The number of pyridine rings is 1. The quantitative estimate of drug-likeness (QED) is 0.786. The first-order valence-corrected chi connectivity index (χ1v) is 7.63. The van der Waals surface area contributed by atoms with Crippen LogP contribution in [0.15, 0.2) is 12.3 Å². The van der Waals surface area contributed by atoms with Crippen molar-refractivity contribution >= 4 is 21.7 Å². The van der Waals surface area contributed by atoms with Crippen LogP contribution in [-0.4, -0.2) is 18.1 Å². The molecule has 2 nitrogen and oxygen atoms in total. The molecule has 1 atom stereocenters. The van der Waals surface area contributed by atoms with E-state index in [1.165, 1.54) is 42.8 Å². The molecule has 0 N–H and O–H groups in total. The zero-order valence-corrected chi connectivity index (χ0v) is 12.3. The van der Waals surface area contributed by atoms with Gasteiger partial charge in [0.15, 0.2) is 0 Å². The molecule has 1 saturated heterocycles. The van der Waals surface area contributed by atoms with E-state index in [0.29, 0.717) is 0 Å². The van der Waals surface area contributed by atoms with Crippen molar-refractivity contribution in [2.45, 2.75) is 38.4 Å². The van der Waals surface area contributed by atoms with Gasteiger partial charge in [0.25, 0.3) is 0 Å². The lowest BCUT2D eigenvalue weighted by atomic mass is 9.95. The Morgan fingerprint density at radius 2 is 2.35 bits per heavy atom. The van der Waals surface area contributed by atoms with Gasteiger partial charge in [-0.1, -0.05) is 35.3 Å². The van der Waals surface area contributed by atoms with Crippen molar-refractivity contribution in [2.75, 3.05) is 18.0 Å². The molecular weight excluding hydrogens is 276 g/mol. The molecule has 17 heavy (non-hydrogen) atoms. The van der Waals surface area contributed by atoms with Crippen LogP contribution in [0.1, 0.15) is 37.3 Å². The van der Waals surface area contributed by atoms with Crippen LogP contribution in [0.25, 0.3) is 0 Å². The van der Waals surface area contributed by atoms with Crippen molar-refractivity contribution in [1.29, 1.82) is 0 Å². The standard InChI is InChI=1S/C14H21BrN2/c1-3-12-5-4-6-17(10-12)14-11(2)7-13(8-15)9-16-14/h7,9,12H,3-6,8,10H2,1-2H3. The highest BCUT2D eigenvalue weighted by Crippen LogP contribution is 2.26. The summed E-state index contributed by atoms with van der Waals surface area (Å²) in [5, 5.41) is 0.888. The highest BCUT2D eigenvalue weighted by atomic mass is 79.9. The summed E-state index contributed by atoms with van der Waals surface area (Å²) >= 11 is 3.48. The van der Waals surface area contributed by atoms with E-state index in [4.69, 9.17) is 0 Å². The molecule has 0 amide bonds. The number of hydrogen-bond acceptors (Lipinski definition) is 2. The Hall–Kier alpha value is -0.570. The molecule has 2 rings (SSSR count). The van der Waals surface area contributed by atoms with Crippen molar-refractivity contribution in [2.24, 2.45) is 5.92 Å². The summed E-state index contributed by atoms with van der Waals surface area (Å²) in [5.41, 5.74) is 2.56. The van der Waals surface area contributed by atoms with E-state index in [-0.39, 0.29) is 0 Å². The molecule has 0 aromatic carbocycles. The van der Waals surface area contributed by atoms with Gasteiger partial charge in [-0.25, -0.2) is 4.98 Å². The van der Waals surface area contributed by atoms with Gasteiger partial charge in [0.1, 0.15) is 5.82 Å². The Kier molecular flexibility index (Phi) is 4.43. The molecule has 1 aromatic heterocycles. The number of halogens is 1. The fourth-order valence-corrected chi connectivity index (χ4v) is 2.93. The molecule has 94 valence electrons. The summed E-state index contributed by atoms with van der Waals surface area (Å²) in [6, 6.07) is 2.24. The molecule has 0 saturated carbocycles. The van der Waals surface area contributed by atoms with E-state index in [2.05, 4.69) is 45.7 Å². The van der Waals surface area contributed by atoms with Crippen LogP contribution < -0.4 is 4.90 Å². The average molecular weight is 297 g/mol. The topological polar surface area (TPSA) is 16.1 Å². The van der Waals surface area contributed by atoms with Gasteiger partial charge in [-0.3, -0.25) is 0 Å². The summed E-state index contributed by atoms with van der Waals surface area (Å²) in [7, 11) is 0. The van der Waals surface area contributed by atoms with Gasteiger partial charge in [-0.2, -0.15) is 0 Å². The van der Waals surface area contributed by atoms with E-state index < -0.39 is 0 Å². The Morgan fingerprint density at radius 1 is 1.53 bits per heavy atom. The first kappa shape index (κ1) is 12.9. The van der Waals surface area contributed by atoms with E-state index in [1.807, 2.05) is 6.20 Å². The Bertz CT molecular complexity index is 378. The Balaban J connectivity index is 2.16. The molecule has 1 fully saturated rings. The van der Waals surface area contributed by atoms with E-state index in [0.717, 1.165) is 17.8 Å². The monoisotopic (exact) mass is 296 g/mol. The van der Waals surface area contributed by atoms with Gasteiger partial charge in [0.05, 0.1) is 0 Å². The molecule has 1 aliphatic rings. The molecule has 0 spiro atoms. The number of hydrogen-bond donors (Lipinski definition) is 0. The maximum atomic E-state index is 4.64. The molecule has 1 unspecified atom stereocenters. The van der Waals surface area contributed by atoms with E-state index in [1.54, 1.807) is 0 Å². The number of alkyl halides is 1. The molecule has 2 heterocycles. The molecule has 1 aliphatic heterocycles. The lowest BCUT2D eigenvalue weighted by Gasteiger charge is -2.34. The van der Waals surface area contributed by atoms with Gasteiger partial charge < -0.3 is 4.90 Å². The molecule has 0 radical (unpaired) electrons. The summed E-state index contributed by atoms with van der Waals surface area (Å²) < 4.78 is 0. The maximum absolute atomic E-state index is 4.64. The highest BCUT2D eigenvalue weighted by molar-refractivity contribution is 9.08. The van der Waals surface area contributed by atoms with Crippen LogP contribution >= 0.6 is 15.9 Å². The van der Waals surface area contributed by atoms with Crippen LogP contribution in [0.5, 0.6) is 0 Å². The van der Waals surface area contributed by atoms with Crippen molar-refractivity contribution in [3.63, 3.8) is 0 Å². The minimum absolute atomic E-state index is 0.848. The Morgan fingerprint density at radius 3 is 3.00 bits per heavy atom.